The summed E-state index contributed by atoms with van der Waals surface area (Å²) in [5.41, 5.74) is 1.66. The van der Waals surface area contributed by atoms with Crippen molar-refractivity contribution in [3.05, 3.63) is 11.4 Å². The largest absolute Gasteiger partial charge is 0.593 e. The van der Waals surface area contributed by atoms with Crippen LogP contribution in [0.2, 0.25) is 0 Å². The number of piperidine rings is 1. The van der Waals surface area contributed by atoms with E-state index in [1.54, 1.807) is 0 Å². The van der Waals surface area contributed by atoms with Crippen LogP contribution in [0.1, 0.15) is 24.2 Å². The van der Waals surface area contributed by atoms with Crippen LogP contribution in [0.5, 0.6) is 0 Å². The zero-order valence-electron chi connectivity index (χ0n) is 10.1. The van der Waals surface area contributed by atoms with Crippen molar-refractivity contribution in [1.29, 1.82) is 5.26 Å². The number of hydrogen-bond acceptors (Lipinski definition) is 4. The summed E-state index contributed by atoms with van der Waals surface area (Å²) in [5, 5.41) is 15.7. The van der Waals surface area contributed by atoms with E-state index in [4.69, 9.17) is 5.26 Å². The van der Waals surface area contributed by atoms with E-state index in [1.807, 2.05) is 18.2 Å². The molecule has 1 aromatic heterocycles. The third-order valence-electron chi connectivity index (χ3n) is 3.11. The Bertz CT molecular complexity index is 412. The first-order chi connectivity index (χ1) is 8.13. The third-order valence-corrected chi connectivity index (χ3v) is 4.89. The van der Waals surface area contributed by atoms with Gasteiger partial charge in [-0.05, 0) is 26.7 Å². The number of aryl methyl sites for hydroxylation is 2. The van der Waals surface area contributed by atoms with Gasteiger partial charge in [-0.1, -0.05) is 0 Å². The minimum absolute atomic E-state index is 0.120. The summed E-state index contributed by atoms with van der Waals surface area (Å²) in [5.74, 6) is 0.120. The second kappa shape index (κ2) is 5.08. The molecule has 0 bridgehead atoms. The van der Waals surface area contributed by atoms with Crippen LogP contribution < -0.4 is 0 Å². The Kier molecular flexibility index (Phi) is 3.72. The number of aromatic nitrogens is 2. The number of nitrogens with zero attached hydrogens (tertiary/aromatic N) is 3. The van der Waals surface area contributed by atoms with Crippen LogP contribution in [0.3, 0.4) is 0 Å². The first-order valence-corrected chi connectivity index (χ1v) is 6.82. The highest BCUT2D eigenvalue weighted by molar-refractivity contribution is 7.89. The monoisotopic (exact) mass is 252 g/mol. The normalized spacial score (nSPS) is 20.1. The lowest BCUT2D eigenvalue weighted by molar-refractivity contribution is 0.309. The van der Waals surface area contributed by atoms with Gasteiger partial charge in [0, 0.05) is 19.0 Å². The number of nitrogens with one attached hydrogen (secondary N) is 1. The van der Waals surface area contributed by atoms with Crippen molar-refractivity contribution in [2.75, 3.05) is 13.1 Å². The van der Waals surface area contributed by atoms with Gasteiger partial charge in [0.15, 0.2) is 0 Å². The lowest BCUT2D eigenvalue weighted by Gasteiger charge is -2.29. The second-order valence-electron chi connectivity index (χ2n) is 4.34. The number of aromatic amines is 1. The van der Waals surface area contributed by atoms with Gasteiger partial charge >= 0.3 is 0 Å². The number of hydrogen-bond donors (Lipinski definition) is 1. The average molecular weight is 252 g/mol. The first-order valence-electron chi connectivity index (χ1n) is 5.71. The molecular formula is C11H16N4OS. The smallest absolute Gasteiger partial charge is 0.217 e. The summed E-state index contributed by atoms with van der Waals surface area (Å²) in [4.78, 5) is 0.792. The van der Waals surface area contributed by atoms with Gasteiger partial charge in [-0.3, -0.25) is 5.10 Å². The van der Waals surface area contributed by atoms with Crippen LogP contribution in [0.15, 0.2) is 4.90 Å². The fourth-order valence-electron chi connectivity index (χ4n) is 2.08. The van der Waals surface area contributed by atoms with Crippen LogP contribution in [0.25, 0.3) is 0 Å². The molecule has 0 aromatic carbocycles. The molecule has 17 heavy (non-hydrogen) atoms. The van der Waals surface area contributed by atoms with Crippen LogP contribution in [-0.2, 0) is 11.4 Å². The van der Waals surface area contributed by atoms with E-state index in [-0.39, 0.29) is 5.92 Å². The highest BCUT2D eigenvalue weighted by atomic mass is 32.2. The summed E-state index contributed by atoms with van der Waals surface area (Å²) in [6.07, 6.45) is 1.61. The van der Waals surface area contributed by atoms with E-state index in [1.165, 1.54) is 0 Å². The molecule has 1 unspecified atom stereocenters. The maximum atomic E-state index is 12.4. The predicted octanol–water partition coefficient (Wildman–Crippen LogP) is 1.28. The van der Waals surface area contributed by atoms with Gasteiger partial charge in [-0.2, -0.15) is 10.4 Å². The third kappa shape index (κ3) is 2.46. The van der Waals surface area contributed by atoms with E-state index in [9.17, 15) is 4.55 Å². The Balaban J connectivity index is 2.07. The van der Waals surface area contributed by atoms with Crippen molar-refractivity contribution < 1.29 is 4.55 Å². The lowest BCUT2D eigenvalue weighted by atomic mass is 10.0. The predicted molar refractivity (Wildman–Crippen MR) is 64.4 cm³/mol. The molecule has 1 aliphatic heterocycles. The minimum Gasteiger partial charge on any atom is -0.593 e. The van der Waals surface area contributed by atoms with Crippen LogP contribution >= 0.6 is 0 Å². The average Bonchev–Trinajstić information content (AvgIpc) is 2.68. The first kappa shape index (κ1) is 12.4. The zero-order chi connectivity index (χ0) is 12.4. The maximum Gasteiger partial charge on any atom is 0.217 e. The van der Waals surface area contributed by atoms with Gasteiger partial charge in [0.2, 0.25) is 4.90 Å². The van der Waals surface area contributed by atoms with Gasteiger partial charge in [0.05, 0.1) is 23.1 Å². The summed E-state index contributed by atoms with van der Waals surface area (Å²) in [6.45, 7) is 5.18. The Morgan fingerprint density at radius 2 is 2.12 bits per heavy atom. The Labute approximate surface area is 104 Å². The molecular weight excluding hydrogens is 236 g/mol. The quantitative estimate of drug-likeness (QED) is 0.804. The van der Waals surface area contributed by atoms with Gasteiger partial charge in [0.25, 0.3) is 0 Å². The molecule has 0 spiro atoms. The molecule has 1 aromatic rings. The molecule has 1 aliphatic rings. The molecule has 1 fully saturated rings. The molecule has 0 radical (unpaired) electrons. The van der Waals surface area contributed by atoms with Crippen molar-refractivity contribution in [3.63, 3.8) is 0 Å². The van der Waals surface area contributed by atoms with Crippen molar-refractivity contribution in [2.24, 2.45) is 5.92 Å². The van der Waals surface area contributed by atoms with Crippen molar-refractivity contribution >= 4 is 11.4 Å². The van der Waals surface area contributed by atoms with Crippen LogP contribution in [0, 0.1) is 31.1 Å². The molecule has 0 amide bonds. The highest BCUT2D eigenvalue weighted by Crippen LogP contribution is 2.26. The summed E-state index contributed by atoms with van der Waals surface area (Å²) in [7, 11) is 0. The minimum atomic E-state index is -1.15. The van der Waals surface area contributed by atoms with E-state index in [2.05, 4.69) is 16.3 Å². The molecule has 0 saturated carbocycles. The molecule has 0 aliphatic carbocycles. The Morgan fingerprint density at radius 1 is 1.47 bits per heavy atom. The Morgan fingerprint density at radius 3 is 2.59 bits per heavy atom. The molecule has 1 saturated heterocycles. The Hall–Kier alpha value is -1.03. The molecule has 2 heterocycles. The number of rotatable bonds is 2. The molecule has 1 N–H and O–H groups in total. The second-order valence-corrected chi connectivity index (χ2v) is 5.77. The maximum absolute atomic E-state index is 12.4. The molecule has 1 atom stereocenters. The highest BCUT2D eigenvalue weighted by Gasteiger charge is 2.31. The van der Waals surface area contributed by atoms with E-state index in [0.29, 0.717) is 0 Å². The number of nitriles is 1. The summed E-state index contributed by atoms with van der Waals surface area (Å²) in [6, 6.07) is 2.28. The van der Waals surface area contributed by atoms with E-state index < -0.39 is 11.4 Å². The topological polar surface area (TPSA) is 78.8 Å². The molecule has 92 valence electrons. The standard InChI is InChI=1S/C11H16N4OS/c1-8-11(9(2)14-13-8)17(16)15-5-3-10(7-12)4-6-15/h10H,3-6H2,1-2H3,(H,13,14). The van der Waals surface area contributed by atoms with E-state index >= 15 is 0 Å². The SMILES string of the molecule is Cc1n[nH]c(C)c1[S+]([O-])N1CCC(C#N)CC1. The molecule has 6 heteroatoms. The zero-order valence-corrected chi connectivity index (χ0v) is 10.9. The molecule has 2 rings (SSSR count). The fraction of sp³-hybridized carbons (Fsp3) is 0.636. The van der Waals surface area contributed by atoms with Gasteiger partial charge < -0.3 is 4.55 Å². The van der Waals surface area contributed by atoms with E-state index in [0.717, 1.165) is 42.2 Å². The fourth-order valence-corrected chi connectivity index (χ4v) is 3.48. The molecule has 5 nitrogen and oxygen atoms in total. The summed E-state index contributed by atoms with van der Waals surface area (Å²) >= 11 is -1.15. The van der Waals surface area contributed by atoms with Crippen LogP contribution in [-0.4, -0.2) is 32.1 Å². The lowest BCUT2D eigenvalue weighted by Crippen LogP contribution is -2.38. The van der Waals surface area contributed by atoms with Crippen molar-refractivity contribution in [2.45, 2.75) is 31.6 Å². The van der Waals surface area contributed by atoms with Gasteiger partial charge in [0.1, 0.15) is 5.69 Å². The number of H-pyrrole nitrogens is 1. The van der Waals surface area contributed by atoms with Gasteiger partial charge in [-0.15, -0.1) is 4.31 Å². The van der Waals surface area contributed by atoms with Crippen molar-refractivity contribution in [1.82, 2.24) is 14.5 Å². The summed E-state index contributed by atoms with van der Waals surface area (Å²) < 4.78 is 14.3. The van der Waals surface area contributed by atoms with Crippen LogP contribution in [0.4, 0.5) is 0 Å². The van der Waals surface area contributed by atoms with Gasteiger partial charge in [-0.25, -0.2) is 0 Å². The van der Waals surface area contributed by atoms with Crippen molar-refractivity contribution in [3.8, 4) is 6.07 Å².